The van der Waals surface area contributed by atoms with Crippen molar-refractivity contribution in [1.29, 1.82) is 0 Å². The van der Waals surface area contributed by atoms with Crippen LogP contribution < -0.4 is 0 Å². The SMILES string of the molecule is C=Cc1c(C=C)c(-c2cccc3c2C(C)(C)c2c-3sc3ccccc23)c2ccccc2c1-c1ccc2ccccc2c1. The molecular weight excluding hydrogens is 525 g/mol. The van der Waals surface area contributed by atoms with Gasteiger partial charge in [-0.25, -0.2) is 0 Å². The van der Waals surface area contributed by atoms with E-state index >= 15 is 0 Å². The van der Waals surface area contributed by atoms with Crippen LogP contribution >= 0.6 is 11.3 Å². The lowest BCUT2D eigenvalue weighted by atomic mass is 9.75. The summed E-state index contributed by atoms with van der Waals surface area (Å²) in [6.07, 6.45) is 4.06. The quantitative estimate of drug-likeness (QED) is 0.203. The van der Waals surface area contributed by atoms with Crippen LogP contribution in [-0.4, -0.2) is 0 Å². The van der Waals surface area contributed by atoms with Gasteiger partial charge in [0.25, 0.3) is 0 Å². The van der Waals surface area contributed by atoms with Gasteiger partial charge < -0.3 is 0 Å². The van der Waals surface area contributed by atoms with Gasteiger partial charge in [0.1, 0.15) is 0 Å². The molecular formula is C41H30S. The number of hydrogen-bond acceptors (Lipinski definition) is 1. The van der Waals surface area contributed by atoms with Crippen LogP contribution in [0.4, 0.5) is 0 Å². The van der Waals surface area contributed by atoms with Crippen LogP contribution in [0.3, 0.4) is 0 Å². The monoisotopic (exact) mass is 554 g/mol. The van der Waals surface area contributed by atoms with E-state index in [1.54, 1.807) is 0 Å². The number of thiophene rings is 1. The average molecular weight is 555 g/mol. The lowest BCUT2D eigenvalue weighted by Crippen LogP contribution is -2.16. The fourth-order valence-electron chi connectivity index (χ4n) is 7.45. The van der Waals surface area contributed by atoms with E-state index in [1.807, 2.05) is 23.5 Å². The van der Waals surface area contributed by atoms with Gasteiger partial charge in [-0.2, -0.15) is 0 Å². The Bertz CT molecular complexity index is 2260. The van der Waals surface area contributed by atoms with E-state index in [4.69, 9.17) is 0 Å². The molecule has 1 aliphatic carbocycles. The minimum atomic E-state index is -0.147. The Morgan fingerprint density at radius 2 is 1.19 bits per heavy atom. The first-order chi connectivity index (χ1) is 20.5. The van der Waals surface area contributed by atoms with Crippen molar-refractivity contribution in [1.82, 2.24) is 0 Å². The van der Waals surface area contributed by atoms with E-state index in [0.29, 0.717) is 0 Å². The van der Waals surface area contributed by atoms with Gasteiger partial charge in [0.05, 0.1) is 0 Å². The van der Waals surface area contributed by atoms with Crippen molar-refractivity contribution in [3.63, 3.8) is 0 Å². The molecule has 0 unspecified atom stereocenters. The number of hydrogen-bond donors (Lipinski definition) is 0. The Labute approximate surface area is 250 Å². The van der Waals surface area contributed by atoms with Gasteiger partial charge in [-0.1, -0.05) is 136 Å². The third kappa shape index (κ3) is 3.35. The maximum atomic E-state index is 4.37. The van der Waals surface area contributed by atoms with Gasteiger partial charge in [0, 0.05) is 15.0 Å². The highest BCUT2D eigenvalue weighted by Gasteiger charge is 2.41. The predicted molar refractivity (Wildman–Crippen MR) is 185 cm³/mol. The van der Waals surface area contributed by atoms with Crippen molar-refractivity contribution in [2.45, 2.75) is 19.3 Å². The molecule has 1 heterocycles. The molecule has 0 atom stereocenters. The second-order valence-corrected chi connectivity index (χ2v) is 12.8. The molecule has 0 fully saturated rings. The largest absolute Gasteiger partial charge is 0.135 e. The van der Waals surface area contributed by atoms with Crippen LogP contribution in [0.25, 0.3) is 76.5 Å². The van der Waals surface area contributed by atoms with Gasteiger partial charge in [-0.15, -0.1) is 11.3 Å². The summed E-state index contributed by atoms with van der Waals surface area (Å²) >= 11 is 1.92. The van der Waals surface area contributed by atoms with Crippen LogP contribution in [0.2, 0.25) is 0 Å². The first kappa shape index (κ1) is 25.0. The zero-order chi connectivity index (χ0) is 28.6. The molecule has 0 saturated heterocycles. The summed E-state index contributed by atoms with van der Waals surface area (Å²) in [6, 6.07) is 39.9. The second kappa shape index (κ2) is 9.14. The van der Waals surface area contributed by atoms with Crippen LogP contribution in [0, 0.1) is 0 Å². The molecule has 6 aromatic carbocycles. The van der Waals surface area contributed by atoms with Crippen molar-refractivity contribution >= 4 is 55.1 Å². The van der Waals surface area contributed by atoms with E-state index in [9.17, 15) is 0 Å². The lowest BCUT2D eigenvalue weighted by molar-refractivity contribution is 0.669. The minimum Gasteiger partial charge on any atom is -0.135 e. The summed E-state index contributed by atoms with van der Waals surface area (Å²) in [5, 5.41) is 6.33. The summed E-state index contributed by atoms with van der Waals surface area (Å²) in [6.45, 7) is 13.5. The Balaban J connectivity index is 1.47. The van der Waals surface area contributed by atoms with Gasteiger partial charge >= 0.3 is 0 Å². The summed E-state index contributed by atoms with van der Waals surface area (Å²) < 4.78 is 1.36. The third-order valence-corrected chi connectivity index (χ3v) is 10.4. The van der Waals surface area contributed by atoms with Crippen LogP contribution in [-0.2, 0) is 5.41 Å². The van der Waals surface area contributed by atoms with Crippen LogP contribution in [0.15, 0.2) is 122 Å². The van der Waals surface area contributed by atoms with Crippen molar-refractivity contribution < 1.29 is 0 Å². The van der Waals surface area contributed by atoms with Gasteiger partial charge in [-0.05, 0) is 89.1 Å². The van der Waals surface area contributed by atoms with Crippen molar-refractivity contribution in [3.05, 3.63) is 145 Å². The first-order valence-electron chi connectivity index (χ1n) is 14.5. The molecule has 0 amide bonds. The van der Waals surface area contributed by atoms with E-state index in [-0.39, 0.29) is 5.41 Å². The lowest BCUT2D eigenvalue weighted by Gasteiger charge is -2.27. The van der Waals surface area contributed by atoms with Crippen LogP contribution in [0.5, 0.6) is 0 Å². The van der Waals surface area contributed by atoms with Crippen molar-refractivity contribution in [2.24, 2.45) is 0 Å². The highest BCUT2D eigenvalue weighted by molar-refractivity contribution is 7.22. The van der Waals surface area contributed by atoms with Crippen molar-refractivity contribution in [2.75, 3.05) is 0 Å². The molecule has 0 spiro atoms. The van der Waals surface area contributed by atoms with E-state index in [2.05, 4.69) is 136 Å². The molecule has 0 radical (unpaired) electrons. The fraction of sp³-hybridized carbons (Fsp3) is 0.0732. The number of benzene rings is 6. The average Bonchev–Trinajstić information content (AvgIpc) is 3.53. The standard InChI is InChI=1S/C41H30S/c1-5-28-29(6-2)37(31-17-10-9-16-30(31)36(28)27-23-22-25-14-7-8-15-26(25)24-27)33-19-13-20-34-38(33)41(3,4)39-32-18-11-12-21-35(32)42-40(34)39/h5-24H,1-2H2,3-4H3. The summed E-state index contributed by atoms with van der Waals surface area (Å²) in [5.41, 5.74) is 11.2. The van der Waals surface area contributed by atoms with E-state index < -0.39 is 0 Å². The maximum absolute atomic E-state index is 4.37. The van der Waals surface area contributed by atoms with Gasteiger partial charge in [0.15, 0.2) is 0 Å². The maximum Gasteiger partial charge on any atom is 0.0399 e. The Hall–Kier alpha value is -4.72. The van der Waals surface area contributed by atoms with E-state index in [1.165, 1.54) is 75.5 Å². The second-order valence-electron chi connectivity index (χ2n) is 11.7. The molecule has 0 aliphatic heterocycles. The molecule has 200 valence electrons. The van der Waals surface area contributed by atoms with Crippen molar-refractivity contribution in [3.8, 4) is 32.7 Å². The molecule has 0 bridgehead atoms. The highest BCUT2D eigenvalue weighted by atomic mass is 32.1. The Kier molecular flexibility index (Phi) is 5.45. The first-order valence-corrected chi connectivity index (χ1v) is 15.3. The number of rotatable bonds is 4. The third-order valence-electron chi connectivity index (χ3n) is 9.16. The minimum absolute atomic E-state index is 0.147. The number of fused-ring (bicyclic) bond motifs is 7. The fourth-order valence-corrected chi connectivity index (χ4v) is 8.85. The summed E-state index contributed by atoms with van der Waals surface area (Å²) in [5.74, 6) is 0. The smallest absolute Gasteiger partial charge is 0.0399 e. The normalized spacial score (nSPS) is 13.4. The molecule has 0 saturated carbocycles. The summed E-state index contributed by atoms with van der Waals surface area (Å²) in [7, 11) is 0. The predicted octanol–water partition coefficient (Wildman–Crippen LogP) is 12.1. The van der Waals surface area contributed by atoms with E-state index in [0.717, 1.165) is 11.1 Å². The Morgan fingerprint density at radius 3 is 1.95 bits per heavy atom. The van der Waals surface area contributed by atoms with Gasteiger partial charge in [-0.3, -0.25) is 0 Å². The molecule has 7 aromatic rings. The molecule has 8 rings (SSSR count). The van der Waals surface area contributed by atoms with Crippen LogP contribution in [0.1, 0.15) is 36.1 Å². The molecule has 1 heteroatoms. The summed E-state index contributed by atoms with van der Waals surface area (Å²) in [4.78, 5) is 1.40. The topological polar surface area (TPSA) is 0 Å². The molecule has 0 N–H and O–H groups in total. The highest BCUT2D eigenvalue weighted by Crippen LogP contribution is 2.58. The molecule has 1 aromatic heterocycles. The zero-order valence-electron chi connectivity index (χ0n) is 23.9. The molecule has 1 aliphatic rings. The molecule has 0 nitrogen and oxygen atoms in total. The Morgan fingerprint density at radius 1 is 0.571 bits per heavy atom. The van der Waals surface area contributed by atoms with Gasteiger partial charge in [0.2, 0.25) is 0 Å². The zero-order valence-corrected chi connectivity index (χ0v) is 24.7. The molecule has 42 heavy (non-hydrogen) atoms.